The average Bonchev–Trinajstić information content (AvgIpc) is 3.21. The minimum atomic E-state index is -1.02. The number of carboxylic acids is 1. The fraction of sp³-hybridized carbons (Fsp3) is 0.520. The number of carbonyl (C=O) groups excluding carboxylic acids is 2. The number of nitrogens with zero attached hydrogens (tertiary/aromatic N) is 2. The summed E-state index contributed by atoms with van der Waals surface area (Å²) in [6, 6.07) is 7.22. The van der Waals surface area contributed by atoms with Crippen LogP contribution in [0.4, 0.5) is 5.82 Å². The lowest BCUT2D eigenvalue weighted by atomic mass is 9.84. The Bertz CT molecular complexity index is 958. The van der Waals surface area contributed by atoms with Gasteiger partial charge in [-0.25, -0.2) is 9.78 Å². The summed E-state index contributed by atoms with van der Waals surface area (Å²) >= 11 is 0. The first-order valence-corrected chi connectivity index (χ1v) is 11.6. The van der Waals surface area contributed by atoms with Crippen molar-refractivity contribution in [3.63, 3.8) is 0 Å². The summed E-state index contributed by atoms with van der Waals surface area (Å²) < 4.78 is 1.46. The molecule has 1 saturated carbocycles. The number of imidazole rings is 1. The van der Waals surface area contributed by atoms with E-state index < -0.39 is 23.5 Å². The molecule has 1 aliphatic carbocycles. The van der Waals surface area contributed by atoms with Crippen molar-refractivity contribution in [3.05, 3.63) is 48.4 Å². The maximum atomic E-state index is 13.1. The molecular weight excluding hydrogens is 420 g/mol. The highest BCUT2D eigenvalue weighted by Crippen LogP contribution is 2.28. The lowest BCUT2D eigenvalue weighted by Crippen LogP contribution is -2.48. The smallest absolute Gasteiger partial charge is 0.331 e. The van der Waals surface area contributed by atoms with E-state index in [9.17, 15) is 19.5 Å². The lowest BCUT2D eigenvalue weighted by molar-refractivity contribution is -0.139. The third-order valence-corrected chi connectivity index (χ3v) is 6.10. The lowest BCUT2D eigenvalue weighted by Gasteiger charge is -2.28. The molecule has 0 aliphatic heterocycles. The molecule has 3 N–H and O–H groups in total. The Morgan fingerprint density at radius 3 is 2.39 bits per heavy atom. The summed E-state index contributed by atoms with van der Waals surface area (Å²) in [5.74, 6) is -0.902. The van der Waals surface area contributed by atoms with Crippen molar-refractivity contribution in [1.82, 2.24) is 14.9 Å². The Balaban J connectivity index is 1.75. The number of nitrogens with one attached hydrogen (secondary N) is 2. The Hall–Kier alpha value is -3.16. The molecule has 0 bridgehead atoms. The van der Waals surface area contributed by atoms with Gasteiger partial charge in [-0.1, -0.05) is 83.2 Å². The van der Waals surface area contributed by atoms with Gasteiger partial charge in [0.1, 0.15) is 6.04 Å². The molecule has 8 heteroatoms. The van der Waals surface area contributed by atoms with Crippen LogP contribution in [0.1, 0.15) is 70.9 Å². The van der Waals surface area contributed by atoms with Crippen molar-refractivity contribution in [2.24, 2.45) is 11.3 Å². The standard InChI is InChI=1S/C25H34N4O4/c1-25(2,3)24(33)27-19(14-17-10-6-4-7-11-17)22(30)28-20-15-29(16-26-20)21(23(31)32)18-12-8-5-9-13-18/h5,8-9,12-13,15-17,19,21H,4,6-7,10-11,14H2,1-3H3,(H,27,33)(H,28,30)(H,31,32)/t19-,21?/m1/s1. The highest BCUT2D eigenvalue weighted by Gasteiger charge is 2.30. The van der Waals surface area contributed by atoms with Crippen LogP contribution in [-0.4, -0.2) is 38.5 Å². The van der Waals surface area contributed by atoms with Gasteiger partial charge in [0, 0.05) is 11.6 Å². The van der Waals surface area contributed by atoms with E-state index in [4.69, 9.17) is 0 Å². The molecule has 33 heavy (non-hydrogen) atoms. The summed E-state index contributed by atoms with van der Waals surface area (Å²) in [7, 11) is 0. The van der Waals surface area contributed by atoms with Crippen LogP contribution in [0.15, 0.2) is 42.9 Å². The molecule has 8 nitrogen and oxygen atoms in total. The van der Waals surface area contributed by atoms with E-state index in [2.05, 4.69) is 15.6 Å². The zero-order valence-corrected chi connectivity index (χ0v) is 19.6. The van der Waals surface area contributed by atoms with Crippen LogP contribution in [0.5, 0.6) is 0 Å². The van der Waals surface area contributed by atoms with Gasteiger partial charge in [-0.15, -0.1) is 0 Å². The number of anilines is 1. The maximum absolute atomic E-state index is 13.1. The number of aliphatic carboxylic acids is 1. The van der Waals surface area contributed by atoms with Gasteiger partial charge in [-0.2, -0.15) is 0 Å². The van der Waals surface area contributed by atoms with Gasteiger partial charge < -0.3 is 20.3 Å². The van der Waals surface area contributed by atoms with E-state index in [1.807, 2.05) is 26.8 Å². The van der Waals surface area contributed by atoms with E-state index in [0.717, 1.165) is 25.7 Å². The van der Waals surface area contributed by atoms with Gasteiger partial charge in [-0.3, -0.25) is 9.59 Å². The van der Waals surface area contributed by atoms with Crippen molar-refractivity contribution in [2.75, 3.05) is 5.32 Å². The van der Waals surface area contributed by atoms with Gasteiger partial charge in [-0.05, 0) is 17.9 Å². The second kappa shape index (κ2) is 10.6. The number of amides is 2. The molecule has 2 amide bonds. The Morgan fingerprint density at radius 1 is 1.12 bits per heavy atom. The van der Waals surface area contributed by atoms with E-state index >= 15 is 0 Å². The zero-order chi connectivity index (χ0) is 24.0. The fourth-order valence-corrected chi connectivity index (χ4v) is 4.20. The van der Waals surface area contributed by atoms with Crippen molar-refractivity contribution in [3.8, 4) is 0 Å². The first kappa shape index (κ1) is 24.5. The van der Waals surface area contributed by atoms with Gasteiger partial charge >= 0.3 is 5.97 Å². The molecule has 0 saturated heterocycles. The molecule has 178 valence electrons. The summed E-state index contributed by atoms with van der Waals surface area (Å²) in [5, 5.41) is 15.4. The average molecular weight is 455 g/mol. The van der Waals surface area contributed by atoms with Crippen LogP contribution in [0.25, 0.3) is 0 Å². The van der Waals surface area contributed by atoms with Crippen LogP contribution in [0.2, 0.25) is 0 Å². The number of carbonyl (C=O) groups is 3. The minimum absolute atomic E-state index is 0.181. The molecule has 3 rings (SSSR count). The number of benzene rings is 1. The van der Waals surface area contributed by atoms with Gasteiger partial charge in [0.15, 0.2) is 11.9 Å². The molecule has 1 aliphatic rings. The Labute approximate surface area is 194 Å². The van der Waals surface area contributed by atoms with Crippen molar-refractivity contribution in [1.29, 1.82) is 0 Å². The number of hydrogen-bond donors (Lipinski definition) is 3. The summed E-state index contributed by atoms with van der Waals surface area (Å²) in [6.07, 6.45) is 9.10. The van der Waals surface area contributed by atoms with Crippen LogP contribution < -0.4 is 10.6 Å². The topological polar surface area (TPSA) is 113 Å². The third kappa shape index (κ3) is 6.66. The van der Waals surface area contributed by atoms with Crippen molar-refractivity contribution >= 4 is 23.6 Å². The molecule has 1 aromatic heterocycles. The van der Waals surface area contributed by atoms with Crippen LogP contribution >= 0.6 is 0 Å². The molecule has 1 fully saturated rings. The Morgan fingerprint density at radius 2 is 1.79 bits per heavy atom. The zero-order valence-electron chi connectivity index (χ0n) is 19.6. The predicted octanol–water partition coefficient (Wildman–Crippen LogP) is 4.00. The molecule has 1 aromatic carbocycles. The quantitative estimate of drug-likeness (QED) is 0.558. The summed E-state index contributed by atoms with van der Waals surface area (Å²) in [5.41, 5.74) is -0.00949. The van der Waals surface area contributed by atoms with E-state index in [1.165, 1.54) is 23.5 Å². The highest BCUT2D eigenvalue weighted by atomic mass is 16.4. The van der Waals surface area contributed by atoms with Crippen LogP contribution in [0.3, 0.4) is 0 Å². The highest BCUT2D eigenvalue weighted by molar-refractivity contribution is 5.97. The predicted molar refractivity (Wildman–Crippen MR) is 126 cm³/mol. The fourth-order valence-electron chi connectivity index (χ4n) is 4.20. The molecule has 1 heterocycles. The number of rotatable bonds is 8. The molecule has 1 unspecified atom stereocenters. The SMILES string of the molecule is CC(C)(C)C(=O)N[C@H](CC1CCCCC1)C(=O)Nc1cn(C(C(=O)O)c2ccccc2)cn1. The molecule has 0 radical (unpaired) electrons. The number of aromatic nitrogens is 2. The maximum Gasteiger partial charge on any atom is 0.331 e. The first-order chi connectivity index (χ1) is 15.6. The second-order valence-electron chi connectivity index (χ2n) is 9.86. The van der Waals surface area contributed by atoms with Crippen molar-refractivity contribution in [2.45, 2.75) is 71.4 Å². The Kier molecular flexibility index (Phi) is 7.89. The second-order valence-corrected chi connectivity index (χ2v) is 9.86. The normalized spacial score (nSPS) is 16.6. The van der Waals surface area contributed by atoms with Crippen LogP contribution in [0, 0.1) is 11.3 Å². The first-order valence-electron chi connectivity index (χ1n) is 11.6. The van der Waals surface area contributed by atoms with E-state index in [-0.39, 0.29) is 17.6 Å². The molecule has 2 atom stereocenters. The van der Waals surface area contributed by atoms with Gasteiger partial charge in [0.2, 0.25) is 11.8 Å². The number of hydrogen-bond acceptors (Lipinski definition) is 4. The monoisotopic (exact) mass is 454 g/mol. The molecule has 2 aromatic rings. The summed E-state index contributed by atoms with van der Waals surface area (Å²) in [6.45, 7) is 5.44. The molecule has 0 spiro atoms. The minimum Gasteiger partial charge on any atom is -0.479 e. The third-order valence-electron chi connectivity index (χ3n) is 6.10. The van der Waals surface area contributed by atoms with Crippen LogP contribution in [-0.2, 0) is 14.4 Å². The van der Waals surface area contributed by atoms with E-state index in [0.29, 0.717) is 17.9 Å². The number of carboxylic acid groups (broad SMARTS) is 1. The van der Waals surface area contributed by atoms with Gasteiger partial charge in [0.05, 0.1) is 6.33 Å². The molecular formula is C25H34N4O4. The largest absolute Gasteiger partial charge is 0.479 e. The van der Waals surface area contributed by atoms with Gasteiger partial charge in [0.25, 0.3) is 0 Å². The van der Waals surface area contributed by atoms with Crippen molar-refractivity contribution < 1.29 is 19.5 Å². The van der Waals surface area contributed by atoms with E-state index in [1.54, 1.807) is 24.3 Å². The summed E-state index contributed by atoms with van der Waals surface area (Å²) in [4.78, 5) is 41.9.